The number of ether oxygens (including phenoxy) is 1. The van der Waals surface area contributed by atoms with Gasteiger partial charge in [-0.25, -0.2) is 8.42 Å². The second-order valence-corrected chi connectivity index (χ2v) is 6.52. The predicted molar refractivity (Wildman–Crippen MR) is 64.7 cm³/mol. The molecule has 0 heterocycles. The molecule has 3 nitrogen and oxygen atoms in total. The summed E-state index contributed by atoms with van der Waals surface area (Å²) in [7, 11) is 1.64. The van der Waals surface area contributed by atoms with Crippen LogP contribution in [0, 0.1) is 13.8 Å². The van der Waals surface area contributed by atoms with Gasteiger partial charge in [0.05, 0.1) is 11.0 Å². The minimum Gasteiger partial charge on any atom is -0.491 e. The summed E-state index contributed by atoms with van der Waals surface area (Å²) in [5.41, 5.74) is 1.36. The monoisotopic (exact) mass is 262 g/mol. The molecule has 1 aromatic carbocycles. The molecule has 0 amide bonds. The maximum Gasteiger partial charge on any atom is 0.261 e. The van der Waals surface area contributed by atoms with Crippen LogP contribution in [0.4, 0.5) is 0 Å². The Hall–Kier alpha value is -0.740. The molecule has 0 spiro atoms. The van der Waals surface area contributed by atoms with Crippen molar-refractivity contribution in [2.24, 2.45) is 0 Å². The Balaban J connectivity index is 3.28. The Kier molecular flexibility index (Phi) is 3.86. The van der Waals surface area contributed by atoms with E-state index in [0.717, 1.165) is 5.56 Å². The van der Waals surface area contributed by atoms with E-state index in [4.69, 9.17) is 15.4 Å². The molecule has 0 aliphatic carbocycles. The maximum absolute atomic E-state index is 11.3. The van der Waals surface area contributed by atoms with Crippen molar-refractivity contribution in [3.05, 3.63) is 23.3 Å². The summed E-state index contributed by atoms with van der Waals surface area (Å²) in [6.07, 6.45) is 0.0524. The highest BCUT2D eigenvalue weighted by atomic mass is 35.7. The van der Waals surface area contributed by atoms with Crippen molar-refractivity contribution in [3.8, 4) is 5.75 Å². The fourth-order valence-corrected chi connectivity index (χ4v) is 2.67. The van der Waals surface area contributed by atoms with E-state index in [1.54, 1.807) is 19.9 Å². The summed E-state index contributed by atoms with van der Waals surface area (Å²) in [5.74, 6) is 0.691. The second kappa shape index (κ2) is 4.63. The van der Waals surface area contributed by atoms with Gasteiger partial charge in [0.1, 0.15) is 5.75 Å². The standard InChI is InChI=1S/C11H15ClO3S/c1-7(2)15-10-5-9(4)11(6-8(10)3)16(12,13)14/h5-7H,1-4H3. The van der Waals surface area contributed by atoms with Crippen molar-refractivity contribution >= 4 is 19.7 Å². The largest absolute Gasteiger partial charge is 0.491 e. The van der Waals surface area contributed by atoms with Gasteiger partial charge < -0.3 is 4.74 Å². The topological polar surface area (TPSA) is 43.4 Å². The Bertz CT molecular complexity index is 492. The number of hydrogen-bond donors (Lipinski definition) is 0. The number of halogens is 1. The van der Waals surface area contributed by atoms with Crippen LogP contribution in [0.1, 0.15) is 25.0 Å². The van der Waals surface area contributed by atoms with Gasteiger partial charge in [0, 0.05) is 10.7 Å². The highest BCUT2D eigenvalue weighted by Crippen LogP contribution is 2.28. The van der Waals surface area contributed by atoms with Crippen molar-refractivity contribution < 1.29 is 13.2 Å². The van der Waals surface area contributed by atoms with Crippen molar-refractivity contribution in [1.82, 2.24) is 0 Å². The summed E-state index contributed by atoms with van der Waals surface area (Å²) in [6.45, 7) is 7.33. The summed E-state index contributed by atoms with van der Waals surface area (Å²) in [5, 5.41) is 0. The third kappa shape index (κ3) is 3.12. The molecule has 0 saturated heterocycles. The number of aryl methyl sites for hydroxylation is 2. The first-order valence-corrected chi connectivity index (χ1v) is 7.25. The van der Waals surface area contributed by atoms with E-state index in [9.17, 15) is 8.42 Å². The lowest BCUT2D eigenvalue weighted by Crippen LogP contribution is -2.07. The molecule has 0 aliphatic rings. The zero-order valence-corrected chi connectivity index (χ0v) is 11.3. The van der Waals surface area contributed by atoms with Crippen LogP contribution in [0.15, 0.2) is 17.0 Å². The second-order valence-electron chi connectivity index (χ2n) is 3.99. The molecule has 90 valence electrons. The average molecular weight is 263 g/mol. The van der Waals surface area contributed by atoms with E-state index in [0.29, 0.717) is 11.3 Å². The highest BCUT2D eigenvalue weighted by Gasteiger charge is 2.16. The van der Waals surface area contributed by atoms with Gasteiger partial charge in [-0.2, -0.15) is 0 Å². The molecule has 0 radical (unpaired) electrons. The van der Waals surface area contributed by atoms with E-state index in [2.05, 4.69) is 0 Å². The molecule has 0 saturated carbocycles. The predicted octanol–water partition coefficient (Wildman–Crippen LogP) is 3.02. The van der Waals surface area contributed by atoms with Gasteiger partial charge in [0.2, 0.25) is 0 Å². The van der Waals surface area contributed by atoms with E-state index in [-0.39, 0.29) is 11.0 Å². The molecule has 0 aromatic heterocycles. The van der Waals surface area contributed by atoms with Crippen molar-refractivity contribution in [1.29, 1.82) is 0 Å². The van der Waals surface area contributed by atoms with Gasteiger partial charge in [-0.3, -0.25) is 0 Å². The highest BCUT2D eigenvalue weighted by molar-refractivity contribution is 8.13. The van der Waals surface area contributed by atoms with E-state index in [1.165, 1.54) is 6.07 Å². The van der Waals surface area contributed by atoms with Crippen LogP contribution in [0.2, 0.25) is 0 Å². The summed E-state index contributed by atoms with van der Waals surface area (Å²) >= 11 is 0. The average Bonchev–Trinajstić information content (AvgIpc) is 2.07. The molecule has 0 aliphatic heterocycles. The quantitative estimate of drug-likeness (QED) is 0.787. The van der Waals surface area contributed by atoms with Gasteiger partial charge in [-0.05, 0) is 51.0 Å². The van der Waals surface area contributed by atoms with Crippen LogP contribution >= 0.6 is 10.7 Å². The molecule has 0 fully saturated rings. The first kappa shape index (κ1) is 13.3. The fraction of sp³-hybridized carbons (Fsp3) is 0.455. The van der Waals surface area contributed by atoms with Crippen molar-refractivity contribution in [2.45, 2.75) is 38.7 Å². The van der Waals surface area contributed by atoms with E-state index < -0.39 is 9.05 Å². The van der Waals surface area contributed by atoms with E-state index in [1.807, 2.05) is 13.8 Å². The molecule has 0 atom stereocenters. The minimum atomic E-state index is -3.68. The van der Waals surface area contributed by atoms with Crippen LogP contribution < -0.4 is 4.74 Å². The maximum atomic E-state index is 11.3. The Morgan fingerprint density at radius 2 is 1.75 bits per heavy atom. The molecule has 16 heavy (non-hydrogen) atoms. The van der Waals surface area contributed by atoms with Gasteiger partial charge in [0.15, 0.2) is 0 Å². The number of benzene rings is 1. The molecule has 1 aromatic rings. The van der Waals surface area contributed by atoms with Gasteiger partial charge in [-0.1, -0.05) is 0 Å². The lowest BCUT2D eigenvalue weighted by molar-refractivity contribution is 0.240. The van der Waals surface area contributed by atoms with Crippen molar-refractivity contribution in [2.75, 3.05) is 0 Å². The molecular weight excluding hydrogens is 248 g/mol. The van der Waals surface area contributed by atoms with Gasteiger partial charge in [-0.15, -0.1) is 0 Å². The first-order chi connectivity index (χ1) is 7.21. The normalized spacial score (nSPS) is 11.9. The van der Waals surface area contributed by atoms with Gasteiger partial charge in [0.25, 0.3) is 9.05 Å². The molecule has 0 bridgehead atoms. The summed E-state index contributed by atoms with van der Waals surface area (Å²) in [4.78, 5) is 0.141. The molecular formula is C11H15ClO3S. The fourth-order valence-electron chi connectivity index (χ4n) is 1.41. The van der Waals surface area contributed by atoms with Crippen LogP contribution in [-0.2, 0) is 9.05 Å². The van der Waals surface area contributed by atoms with E-state index >= 15 is 0 Å². The SMILES string of the molecule is Cc1cc(S(=O)(=O)Cl)c(C)cc1OC(C)C. The third-order valence-corrected chi connectivity index (χ3v) is 3.56. The lowest BCUT2D eigenvalue weighted by Gasteiger charge is -2.14. The molecule has 1 rings (SSSR count). The van der Waals surface area contributed by atoms with Crippen LogP contribution in [0.25, 0.3) is 0 Å². The Morgan fingerprint density at radius 3 is 2.19 bits per heavy atom. The molecule has 0 unspecified atom stereocenters. The van der Waals surface area contributed by atoms with Crippen LogP contribution in [0.5, 0.6) is 5.75 Å². The van der Waals surface area contributed by atoms with Crippen LogP contribution in [-0.4, -0.2) is 14.5 Å². The minimum absolute atomic E-state index is 0.0524. The first-order valence-electron chi connectivity index (χ1n) is 4.94. The van der Waals surface area contributed by atoms with Gasteiger partial charge >= 0.3 is 0 Å². The zero-order valence-electron chi connectivity index (χ0n) is 9.74. The van der Waals surface area contributed by atoms with Crippen LogP contribution in [0.3, 0.4) is 0 Å². The lowest BCUT2D eigenvalue weighted by atomic mass is 10.1. The summed E-state index contributed by atoms with van der Waals surface area (Å²) in [6, 6.07) is 3.24. The van der Waals surface area contributed by atoms with Crippen molar-refractivity contribution in [3.63, 3.8) is 0 Å². The Morgan fingerprint density at radius 1 is 1.19 bits per heavy atom. The zero-order chi connectivity index (χ0) is 12.5. The third-order valence-electron chi connectivity index (χ3n) is 2.10. The summed E-state index contributed by atoms with van der Waals surface area (Å²) < 4.78 is 28.1. The Labute approximate surface area is 101 Å². The smallest absolute Gasteiger partial charge is 0.261 e. The number of hydrogen-bond acceptors (Lipinski definition) is 3. The molecule has 5 heteroatoms. The number of rotatable bonds is 3. The molecule has 0 N–H and O–H groups in total.